The number of carbonyl (C=O) groups is 1. The van der Waals surface area contributed by atoms with Crippen LogP contribution >= 0.6 is 11.6 Å². The van der Waals surface area contributed by atoms with Gasteiger partial charge in [-0.2, -0.15) is 0 Å². The molecule has 1 aromatic carbocycles. The number of aliphatic hydroxyl groups excluding tert-OH is 1. The highest BCUT2D eigenvalue weighted by Gasteiger charge is 2.18. The van der Waals surface area contributed by atoms with Gasteiger partial charge in [0.1, 0.15) is 5.75 Å². The molecule has 0 aromatic heterocycles. The molecule has 1 rings (SSSR count). The van der Waals surface area contributed by atoms with Gasteiger partial charge in [0.2, 0.25) is 0 Å². The minimum absolute atomic E-state index is 0.147. The minimum atomic E-state index is -2.65. The Bertz CT molecular complexity index is 457. The Kier molecular flexibility index (Phi) is 6.67. The molecule has 0 heterocycles. The second-order valence-electron chi connectivity index (χ2n) is 4.15. The zero-order valence-corrected chi connectivity index (χ0v) is 11.7. The zero-order valence-electron chi connectivity index (χ0n) is 11.0. The number of hydrogen-bond donors (Lipinski definition) is 1. The highest BCUT2D eigenvalue weighted by Crippen LogP contribution is 2.21. The van der Waals surface area contributed by atoms with E-state index >= 15 is 0 Å². The molecule has 0 bridgehead atoms. The first kappa shape index (κ1) is 16.7. The third-order valence-corrected chi connectivity index (χ3v) is 3.00. The van der Waals surface area contributed by atoms with E-state index in [-0.39, 0.29) is 19.8 Å². The van der Waals surface area contributed by atoms with Gasteiger partial charge in [-0.25, -0.2) is 8.78 Å². The summed E-state index contributed by atoms with van der Waals surface area (Å²) in [5.41, 5.74) is 0.788. The van der Waals surface area contributed by atoms with Crippen LogP contribution in [0, 0.1) is 6.92 Å². The van der Waals surface area contributed by atoms with Crippen LogP contribution in [0.2, 0.25) is 5.02 Å². The average Bonchev–Trinajstić information content (AvgIpc) is 2.39. The van der Waals surface area contributed by atoms with Crippen molar-refractivity contribution in [3.05, 3.63) is 28.8 Å². The van der Waals surface area contributed by atoms with Crippen LogP contribution in [0.15, 0.2) is 18.2 Å². The van der Waals surface area contributed by atoms with Crippen molar-refractivity contribution in [3.8, 4) is 5.75 Å². The molecule has 1 aromatic rings. The fourth-order valence-electron chi connectivity index (χ4n) is 1.55. The van der Waals surface area contributed by atoms with E-state index in [0.29, 0.717) is 10.8 Å². The van der Waals surface area contributed by atoms with E-state index in [9.17, 15) is 13.6 Å². The monoisotopic (exact) mass is 307 g/mol. The quantitative estimate of drug-likeness (QED) is 0.839. The zero-order chi connectivity index (χ0) is 15.1. The SMILES string of the molecule is Cc1cc(OCC(=O)N(CCO)CC(F)F)ccc1Cl. The molecule has 0 fully saturated rings. The lowest BCUT2D eigenvalue weighted by atomic mass is 10.2. The highest BCUT2D eigenvalue weighted by atomic mass is 35.5. The number of benzene rings is 1. The van der Waals surface area contributed by atoms with E-state index in [2.05, 4.69) is 0 Å². The predicted octanol–water partition coefficient (Wildman–Crippen LogP) is 2.11. The first-order valence-electron chi connectivity index (χ1n) is 5.99. The van der Waals surface area contributed by atoms with Gasteiger partial charge in [0.25, 0.3) is 12.3 Å². The summed E-state index contributed by atoms with van der Waals surface area (Å²) < 4.78 is 29.8. The van der Waals surface area contributed by atoms with E-state index in [4.69, 9.17) is 21.4 Å². The molecule has 0 spiro atoms. The fraction of sp³-hybridized carbons (Fsp3) is 0.462. The predicted molar refractivity (Wildman–Crippen MR) is 71.4 cm³/mol. The van der Waals surface area contributed by atoms with Crippen LogP contribution in [-0.4, -0.2) is 48.6 Å². The van der Waals surface area contributed by atoms with Gasteiger partial charge in [-0.05, 0) is 30.7 Å². The number of alkyl halides is 2. The number of rotatable bonds is 7. The lowest BCUT2D eigenvalue weighted by Gasteiger charge is -2.21. The minimum Gasteiger partial charge on any atom is -0.484 e. The normalized spacial score (nSPS) is 10.7. The van der Waals surface area contributed by atoms with Crippen molar-refractivity contribution in [3.63, 3.8) is 0 Å². The van der Waals surface area contributed by atoms with Crippen LogP contribution in [0.5, 0.6) is 5.75 Å². The summed E-state index contributed by atoms with van der Waals surface area (Å²) in [7, 11) is 0. The highest BCUT2D eigenvalue weighted by molar-refractivity contribution is 6.31. The Morgan fingerprint density at radius 1 is 1.50 bits per heavy atom. The van der Waals surface area contributed by atoms with Crippen LogP contribution in [0.4, 0.5) is 8.78 Å². The van der Waals surface area contributed by atoms with Gasteiger partial charge in [0.15, 0.2) is 6.61 Å². The molecule has 1 amide bonds. The summed E-state index contributed by atoms with van der Waals surface area (Å²) in [5.74, 6) is -0.173. The molecule has 20 heavy (non-hydrogen) atoms. The molecule has 0 atom stereocenters. The van der Waals surface area contributed by atoms with Crippen LogP contribution in [0.1, 0.15) is 5.56 Å². The maximum absolute atomic E-state index is 12.3. The molecular formula is C13H16ClF2NO3. The molecule has 0 unspecified atom stereocenters. The number of aryl methyl sites for hydroxylation is 1. The van der Waals surface area contributed by atoms with Crippen LogP contribution in [-0.2, 0) is 4.79 Å². The van der Waals surface area contributed by atoms with Crippen LogP contribution in [0.3, 0.4) is 0 Å². The van der Waals surface area contributed by atoms with Crippen molar-refractivity contribution in [2.45, 2.75) is 13.3 Å². The van der Waals surface area contributed by atoms with Crippen molar-refractivity contribution < 1.29 is 23.4 Å². The summed E-state index contributed by atoms with van der Waals surface area (Å²) >= 11 is 5.85. The molecular weight excluding hydrogens is 292 g/mol. The van der Waals surface area contributed by atoms with Crippen molar-refractivity contribution in [1.29, 1.82) is 0 Å². The van der Waals surface area contributed by atoms with Crippen LogP contribution < -0.4 is 4.74 Å². The molecule has 1 N–H and O–H groups in total. The maximum atomic E-state index is 12.3. The summed E-state index contributed by atoms with van der Waals surface area (Å²) in [6, 6.07) is 4.87. The Morgan fingerprint density at radius 2 is 2.20 bits per heavy atom. The first-order chi connectivity index (χ1) is 9.43. The van der Waals surface area contributed by atoms with E-state index < -0.39 is 18.9 Å². The third-order valence-electron chi connectivity index (χ3n) is 2.57. The number of carbonyl (C=O) groups excluding carboxylic acids is 1. The standard InChI is InChI=1S/C13H16ClF2NO3/c1-9-6-10(2-3-11(9)14)20-8-13(19)17(4-5-18)7-12(15)16/h2-3,6,12,18H,4-5,7-8H2,1H3. The van der Waals surface area contributed by atoms with Crippen molar-refractivity contribution in [2.24, 2.45) is 0 Å². The summed E-state index contributed by atoms with van der Waals surface area (Å²) in [6.45, 7) is 0.173. The maximum Gasteiger partial charge on any atom is 0.260 e. The van der Waals surface area contributed by atoms with Gasteiger partial charge in [-0.15, -0.1) is 0 Å². The Morgan fingerprint density at radius 3 is 2.75 bits per heavy atom. The van der Waals surface area contributed by atoms with E-state index in [1.807, 2.05) is 0 Å². The second-order valence-corrected chi connectivity index (χ2v) is 4.56. The number of aliphatic hydroxyl groups is 1. The Labute approximate surface area is 120 Å². The Balaban J connectivity index is 2.57. The number of ether oxygens (including phenoxy) is 1. The van der Waals surface area contributed by atoms with Crippen molar-refractivity contribution in [2.75, 3.05) is 26.3 Å². The van der Waals surface area contributed by atoms with Gasteiger partial charge in [-0.1, -0.05) is 11.6 Å². The molecule has 0 radical (unpaired) electrons. The largest absolute Gasteiger partial charge is 0.484 e. The summed E-state index contributed by atoms with van der Waals surface area (Å²) in [4.78, 5) is 12.6. The topological polar surface area (TPSA) is 49.8 Å². The average molecular weight is 308 g/mol. The fourth-order valence-corrected chi connectivity index (χ4v) is 1.67. The molecule has 0 aliphatic carbocycles. The lowest BCUT2D eigenvalue weighted by Crippen LogP contribution is -2.40. The van der Waals surface area contributed by atoms with E-state index in [1.54, 1.807) is 25.1 Å². The molecule has 112 valence electrons. The molecule has 0 saturated heterocycles. The van der Waals surface area contributed by atoms with Gasteiger partial charge in [0.05, 0.1) is 13.2 Å². The van der Waals surface area contributed by atoms with E-state index in [1.165, 1.54) is 0 Å². The number of hydrogen-bond acceptors (Lipinski definition) is 3. The number of nitrogens with zero attached hydrogens (tertiary/aromatic N) is 1. The van der Waals surface area contributed by atoms with E-state index in [0.717, 1.165) is 10.5 Å². The smallest absolute Gasteiger partial charge is 0.260 e. The summed E-state index contributed by atoms with van der Waals surface area (Å²) in [5, 5.41) is 9.33. The molecule has 0 aliphatic heterocycles. The van der Waals surface area contributed by atoms with Gasteiger partial charge >= 0.3 is 0 Å². The molecule has 4 nitrogen and oxygen atoms in total. The number of amides is 1. The molecule has 7 heteroatoms. The third kappa shape index (κ3) is 5.30. The van der Waals surface area contributed by atoms with Gasteiger partial charge in [0, 0.05) is 11.6 Å². The van der Waals surface area contributed by atoms with Gasteiger partial charge < -0.3 is 14.7 Å². The number of halogens is 3. The van der Waals surface area contributed by atoms with Crippen molar-refractivity contribution in [1.82, 2.24) is 4.90 Å². The summed E-state index contributed by atoms with van der Waals surface area (Å²) in [6.07, 6.45) is -2.65. The second kappa shape index (κ2) is 8.01. The Hall–Kier alpha value is -1.40. The van der Waals surface area contributed by atoms with Gasteiger partial charge in [-0.3, -0.25) is 4.79 Å². The van der Waals surface area contributed by atoms with Crippen LogP contribution in [0.25, 0.3) is 0 Å². The first-order valence-corrected chi connectivity index (χ1v) is 6.37. The lowest BCUT2D eigenvalue weighted by molar-refractivity contribution is -0.135. The molecule has 0 aliphatic rings. The molecule has 0 saturated carbocycles. The van der Waals surface area contributed by atoms with Crippen molar-refractivity contribution >= 4 is 17.5 Å².